The number of hydrogen-bond donors (Lipinski definition) is 2. The van der Waals surface area contributed by atoms with Gasteiger partial charge < -0.3 is 19.8 Å². The number of nitrogens with zero attached hydrogens (tertiary/aromatic N) is 1. The summed E-state index contributed by atoms with van der Waals surface area (Å²) in [5.74, 6) is -1.07. The van der Waals surface area contributed by atoms with E-state index in [4.69, 9.17) is 9.84 Å². The van der Waals surface area contributed by atoms with Crippen LogP contribution in [-0.2, 0) is 9.53 Å². The third-order valence-corrected chi connectivity index (χ3v) is 3.01. The monoisotopic (exact) mass is 273 g/mol. The van der Waals surface area contributed by atoms with Crippen LogP contribution in [0.2, 0.25) is 0 Å². The van der Waals surface area contributed by atoms with Crippen LogP contribution in [-0.4, -0.2) is 51.5 Å². The van der Waals surface area contributed by atoms with Crippen LogP contribution < -0.4 is 0 Å². The Labute approximate surface area is 113 Å². The van der Waals surface area contributed by atoms with Crippen molar-refractivity contribution in [3.63, 3.8) is 0 Å². The number of carbonyl (C=O) groups excluding carboxylic acids is 1. The number of piperidine rings is 1. The Kier molecular flexibility index (Phi) is 5.17. The second kappa shape index (κ2) is 6.23. The van der Waals surface area contributed by atoms with Crippen LogP contribution in [0.25, 0.3) is 0 Å². The van der Waals surface area contributed by atoms with Crippen LogP contribution in [0.4, 0.5) is 4.79 Å². The molecule has 0 aromatic rings. The predicted molar refractivity (Wildman–Crippen MR) is 68.8 cm³/mol. The van der Waals surface area contributed by atoms with Crippen molar-refractivity contribution in [3.05, 3.63) is 0 Å². The number of aliphatic hydroxyl groups is 1. The Hall–Kier alpha value is -1.30. The third kappa shape index (κ3) is 5.06. The lowest BCUT2D eigenvalue weighted by molar-refractivity contribution is -0.140. The lowest BCUT2D eigenvalue weighted by Crippen LogP contribution is -2.51. The van der Waals surface area contributed by atoms with Crippen LogP contribution in [0.3, 0.4) is 0 Å². The number of hydrogen-bond acceptors (Lipinski definition) is 4. The lowest BCUT2D eigenvalue weighted by atomic mass is 9.96. The summed E-state index contributed by atoms with van der Waals surface area (Å²) in [6.45, 7) is 5.82. The Balaban J connectivity index is 2.71. The molecule has 19 heavy (non-hydrogen) atoms. The van der Waals surface area contributed by atoms with Crippen LogP contribution in [0.1, 0.15) is 46.5 Å². The largest absolute Gasteiger partial charge is 0.481 e. The van der Waals surface area contributed by atoms with Gasteiger partial charge in [0.25, 0.3) is 0 Å². The predicted octanol–water partition coefficient (Wildman–Crippen LogP) is 1.61. The number of carboxylic acid groups (broad SMARTS) is 1. The zero-order valence-corrected chi connectivity index (χ0v) is 11.8. The second-order valence-corrected chi connectivity index (χ2v) is 5.90. The number of carboxylic acids is 1. The van der Waals surface area contributed by atoms with Crippen molar-refractivity contribution < 1.29 is 24.5 Å². The zero-order valence-electron chi connectivity index (χ0n) is 11.8. The number of carbonyl (C=O) groups is 2. The first-order valence-electron chi connectivity index (χ1n) is 6.60. The van der Waals surface area contributed by atoms with Crippen molar-refractivity contribution in [2.24, 2.45) is 0 Å². The Morgan fingerprint density at radius 1 is 1.37 bits per heavy atom. The highest BCUT2D eigenvalue weighted by atomic mass is 16.6. The summed E-state index contributed by atoms with van der Waals surface area (Å²) in [5.41, 5.74) is -0.600. The Morgan fingerprint density at radius 3 is 2.53 bits per heavy atom. The molecule has 2 N–H and O–H groups in total. The minimum atomic E-state index is -1.07. The summed E-state index contributed by atoms with van der Waals surface area (Å²) in [7, 11) is 0. The molecule has 0 radical (unpaired) electrons. The fraction of sp³-hybridized carbons (Fsp3) is 0.846. The fourth-order valence-corrected chi connectivity index (χ4v) is 2.22. The van der Waals surface area contributed by atoms with Crippen molar-refractivity contribution in [1.29, 1.82) is 0 Å². The highest BCUT2D eigenvalue weighted by Gasteiger charge is 2.35. The molecule has 1 rings (SSSR count). The van der Waals surface area contributed by atoms with E-state index >= 15 is 0 Å². The van der Waals surface area contributed by atoms with Gasteiger partial charge in [0.1, 0.15) is 5.60 Å². The number of amides is 1. The minimum absolute atomic E-state index is 0.357. The van der Waals surface area contributed by atoms with E-state index in [2.05, 4.69) is 0 Å². The molecule has 1 heterocycles. The van der Waals surface area contributed by atoms with Crippen molar-refractivity contribution in [1.82, 2.24) is 4.90 Å². The second-order valence-electron chi connectivity index (χ2n) is 5.90. The maximum atomic E-state index is 12.1. The number of aliphatic hydroxyl groups excluding tert-OH is 1. The van der Waals surface area contributed by atoms with Gasteiger partial charge in [-0.1, -0.05) is 0 Å². The number of rotatable bonds is 3. The van der Waals surface area contributed by atoms with E-state index in [1.54, 1.807) is 20.8 Å². The summed E-state index contributed by atoms with van der Waals surface area (Å²) in [5, 5.41) is 18.7. The Morgan fingerprint density at radius 2 is 2.00 bits per heavy atom. The van der Waals surface area contributed by atoms with Gasteiger partial charge in [-0.25, -0.2) is 4.79 Å². The Bertz CT molecular complexity index is 336. The maximum Gasteiger partial charge on any atom is 0.410 e. The van der Waals surface area contributed by atoms with Gasteiger partial charge in [0.15, 0.2) is 0 Å². The van der Waals surface area contributed by atoms with Crippen LogP contribution in [0.5, 0.6) is 0 Å². The fourth-order valence-electron chi connectivity index (χ4n) is 2.22. The first kappa shape index (κ1) is 15.8. The van der Waals surface area contributed by atoms with Crippen molar-refractivity contribution in [2.45, 2.75) is 64.2 Å². The van der Waals surface area contributed by atoms with Crippen molar-refractivity contribution >= 4 is 12.1 Å². The van der Waals surface area contributed by atoms with E-state index < -0.39 is 29.8 Å². The van der Waals surface area contributed by atoms with E-state index in [1.807, 2.05) is 0 Å². The van der Waals surface area contributed by atoms with Crippen LogP contribution in [0.15, 0.2) is 0 Å². The van der Waals surface area contributed by atoms with Crippen molar-refractivity contribution in [2.75, 3.05) is 6.54 Å². The summed E-state index contributed by atoms with van der Waals surface area (Å²) in [4.78, 5) is 24.2. The first-order chi connectivity index (χ1) is 8.70. The zero-order chi connectivity index (χ0) is 14.6. The van der Waals surface area contributed by atoms with E-state index in [1.165, 1.54) is 4.90 Å². The minimum Gasteiger partial charge on any atom is -0.481 e. The number of aliphatic carboxylic acids is 1. The molecule has 1 saturated heterocycles. The molecule has 2 atom stereocenters. The van der Waals surface area contributed by atoms with Crippen LogP contribution in [0, 0.1) is 0 Å². The quantitative estimate of drug-likeness (QED) is 0.815. The summed E-state index contributed by atoms with van der Waals surface area (Å²) >= 11 is 0. The molecular formula is C13H23NO5. The van der Waals surface area contributed by atoms with Gasteiger partial charge in [0.05, 0.1) is 18.6 Å². The molecule has 0 aromatic heterocycles. The summed E-state index contributed by atoms with van der Waals surface area (Å²) in [6.07, 6.45) is 0.431. The molecule has 0 bridgehead atoms. The van der Waals surface area contributed by atoms with Crippen molar-refractivity contribution in [3.8, 4) is 0 Å². The molecule has 1 aliphatic heterocycles. The summed E-state index contributed by atoms with van der Waals surface area (Å²) in [6, 6.07) is -0.473. The topological polar surface area (TPSA) is 87.1 Å². The van der Waals surface area contributed by atoms with Gasteiger partial charge in [0.2, 0.25) is 0 Å². The molecule has 6 nitrogen and oxygen atoms in total. The van der Waals surface area contributed by atoms with E-state index in [-0.39, 0.29) is 6.42 Å². The van der Waals surface area contributed by atoms with Gasteiger partial charge in [-0.15, -0.1) is 0 Å². The summed E-state index contributed by atoms with van der Waals surface area (Å²) < 4.78 is 5.29. The van der Waals surface area contributed by atoms with Gasteiger partial charge in [-0.05, 0) is 40.0 Å². The molecule has 0 saturated carbocycles. The number of likely N-dealkylation sites (tertiary alicyclic amines) is 1. The highest BCUT2D eigenvalue weighted by molar-refractivity contribution is 5.70. The van der Waals surface area contributed by atoms with E-state index in [0.717, 1.165) is 12.8 Å². The normalized spacial score (nSPS) is 21.9. The average Bonchev–Trinajstić information content (AvgIpc) is 2.25. The molecule has 2 unspecified atom stereocenters. The maximum absolute atomic E-state index is 12.1. The van der Waals surface area contributed by atoms with Gasteiger partial charge in [-0.3, -0.25) is 4.79 Å². The molecule has 0 spiro atoms. The van der Waals surface area contributed by atoms with E-state index in [9.17, 15) is 14.7 Å². The van der Waals surface area contributed by atoms with Gasteiger partial charge in [-0.2, -0.15) is 0 Å². The molecule has 110 valence electrons. The SMILES string of the molecule is CC(C)(C)OC(=O)N1CCCCC1C(O)CC(=O)O. The third-order valence-electron chi connectivity index (χ3n) is 3.01. The molecular weight excluding hydrogens is 250 g/mol. The molecule has 0 aliphatic carbocycles. The van der Waals surface area contributed by atoms with Crippen LogP contribution >= 0.6 is 0 Å². The smallest absolute Gasteiger partial charge is 0.410 e. The molecule has 6 heteroatoms. The first-order valence-corrected chi connectivity index (χ1v) is 6.60. The number of ether oxygens (including phenoxy) is 1. The van der Waals surface area contributed by atoms with E-state index in [0.29, 0.717) is 13.0 Å². The van der Waals surface area contributed by atoms with Gasteiger partial charge in [0, 0.05) is 6.54 Å². The molecule has 1 amide bonds. The molecule has 1 fully saturated rings. The molecule has 0 aromatic carbocycles. The highest BCUT2D eigenvalue weighted by Crippen LogP contribution is 2.23. The average molecular weight is 273 g/mol. The lowest BCUT2D eigenvalue weighted by Gasteiger charge is -2.38. The molecule has 1 aliphatic rings. The standard InChI is InChI=1S/C13H23NO5/c1-13(2,3)19-12(18)14-7-5-4-6-9(14)10(15)8-11(16)17/h9-10,15H,4-8H2,1-3H3,(H,16,17). The van der Waals surface area contributed by atoms with Gasteiger partial charge >= 0.3 is 12.1 Å².